The highest BCUT2D eigenvalue weighted by molar-refractivity contribution is 5.76. The molecule has 0 heterocycles. The molecule has 0 saturated heterocycles. The fourth-order valence-electron chi connectivity index (χ4n) is 12.3. The number of hydrogen-bond donors (Lipinski definition) is 3. The Kier molecular flexibility index (Phi) is 70.8. The minimum Gasteiger partial charge on any atom is -0.466 e. The molecule has 6 nitrogen and oxygen atoms in total. The lowest BCUT2D eigenvalue weighted by atomic mass is 10.0. The predicted octanol–water partition coefficient (Wildman–Crippen LogP) is 24.7. The van der Waals surface area contributed by atoms with Gasteiger partial charge >= 0.3 is 5.97 Å². The number of aliphatic hydroxyl groups excluding tert-OH is 2. The Morgan fingerprint density at radius 3 is 0.866 bits per heavy atom. The van der Waals surface area contributed by atoms with Crippen molar-refractivity contribution < 1.29 is 24.5 Å². The Morgan fingerprint density at radius 1 is 0.329 bits per heavy atom. The fraction of sp³-hybridized carbons (Fsp3) is 0.947. The van der Waals surface area contributed by atoms with E-state index in [1.807, 2.05) is 0 Å². The number of carbonyl (C=O) groups is 2. The molecule has 0 rings (SSSR count). The first-order valence-electron chi connectivity index (χ1n) is 37.9. The molecule has 3 N–H and O–H groups in total. The first kappa shape index (κ1) is 80.6. The van der Waals surface area contributed by atoms with Gasteiger partial charge < -0.3 is 20.3 Å². The van der Waals surface area contributed by atoms with Gasteiger partial charge in [-0.1, -0.05) is 386 Å². The van der Waals surface area contributed by atoms with E-state index in [9.17, 15) is 19.8 Å². The van der Waals surface area contributed by atoms with Crippen LogP contribution in [-0.4, -0.2) is 47.4 Å². The molecule has 0 aromatic carbocycles. The van der Waals surface area contributed by atoms with Gasteiger partial charge in [0.15, 0.2) is 0 Å². The number of amides is 1. The second kappa shape index (κ2) is 72.1. The van der Waals surface area contributed by atoms with Crippen LogP contribution in [0.1, 0.15) is 438 Å². The average Bonchev–Trinajstić information content (AvgIpc) is 3.48. The standard InChI is InChI=1S/C76H149NO5/c1-3-5-7-9-11-13-15-17-19-21-33-38-42-46-50-54-58-62-66-70-76(81)82-71-67-63-59-55-51-47-43-39-35-32-30-28-26-24-23-25-27-29-31-34-37-41-45-49-53-57-61-65-69-75(80)77-73(72-78)74(79)68-64-60-56-52-48-44-40-36-22-20-18-16-14-12-10-8-6-4-2/h23-24,73-74,78-79H,3-22,25-72H2,1-2H3,(H,77,80)/b24-23-. The van der Waals surface area contributed by atoms with Crippen LogP contribution in [-0.2, 0) is 14.3 Å². The minimum absolute atomic E-state index is 0.0219. The number of unbranched alkanes of at least 4 members (excludes halogenated alkanes) is 59. The van der Waals surface area contributed by atoms with E-state index >= 15 is 0 Å². The molecular weight excluding hydrogens is 1010 g/mol. The van der Waals surface area contributed by atoms with Crippen LogP contribution in [0.15, 0.2) is 12.2 Å². The zero-order valence-corrected chi connectivity index (χ0v) is 56.0. The molecule has 488 valence electrons. The highest BCUT2D eigenvalue weighted by atomic mass is 16.5. The molecule has 1 amide bonds. The maximum absolute atomic E-state index is 12.5. The summed E-state index contributed by atoms with van der Waals surface area (Å²) in [4.78, 5) is 24.7. The largest absolute Gasteiger partial charge is 0.466 e. The third kappa shape index (κ3) is 67.7. The molecule has 0 aromatic rings. The van der Waals surface area contributed by atoms with Crippen LogP contribution < -0.4 is 5.32 Å². The lowest BCUT2D eigenvalue weighted by Gasteiger charge is -2.22. The molecule has 0 bridgehead atoms. The van der Waals surface area contributed by atoms with Gasteiger partial charge in [0.1, 0.15) is 0 Å². The van der Waals surface area contributed by atoms with Gasteiger partial charge in [0, 0.05) is 12.8 Å². The van der Waals surface area contributed by atoms with Crippen LogP contribution in [0.4, 0.5) is 0 Å². The van der Waals surface area contributed by atoms with E-state index in [1.54, 1.807) is 0 Å². The number of hydrogen-bond acceptors (Lipinski definition) is 5. The van der Waals surface area contributed by atoms with E-state index in [0.717, 1.165) is 38.5 Å². The van der Waals surface area contributed by atoms with Gasteiger partial charge in [-0.25, -0.2) is 0 Å². The normalized spacial score (nSPS) is 12.5. The van der Waals surface area contributed by atoms with Gasteiger partial charge in [-0.3, -0.25) is 9.59 Å². The zero-order chi connectivity index (χ0) is 59.2. The molecule has 2 unspecified atom stereocenters. The van der Waals surface area contributed by atoms with Crippen molar-refractivity contribution in [1.29, 1.82) is 0 Å². The summed E-state index contributed by atoms with van der Waals surface area (Å²) in [5.41, 5.74) is 0. The molecule has 0 radical (unpaired) electrons. The minimum atomic E-state index is -0.664. The summed E-state index contributed by atoms with van der Waals surface area (Å²) < 4.78 is 5.52. The Labute approximate surface area is 514 Å². The average molecular weight is 1160 g/mol. The summed E-state index contributed by atoms with van der Waals surface area (Å²) in [6.45, 7) is 5.01. The summed E-state index contributed by atoms with van der Waals surface area (Å²) in [6.07, 6.45) is 90.0. The summed E-state index contributed by atoms with van der Waals surface area (Å²) >= 11 is 0. The van der Waals surface area contributed by atoms with Crippen LogP contribution in [0.5, 0.6) is 0 Å². The smallest absolute Gasteiger partial charge is 0.305 e. The maximum atomic E-state index is 12.5. The van der Waals surface area contributed by atoms with Gasteiger partial charge in [-0.05, 0) is 51.4 Å². The number of allylic oxidation sites excluding steroid dienone is 2. The summed E-state index contributed by atoms with van der Waals surface area (Å²) in [6, 6.07) is -0.541. The Balaban J connectivity index is 3.35. The zero-order valence-electron chi connectivity index (χ0n) is 56.0. The Morgan fingerprint density at radius 2 is 0.573 bits per heavy atom. The van der Waals surface area contributed by atoms with Gasteiger partial charge in [0.05, 0.1) is 25.4 Å². The molecule has 0 spiro atoms. The van der Waals surface area contributed by atoms with Gasteiger partial charge in [0.2, 0.25) is 5.91 Å². The van der Waals surface area contributed by atoms with Crippen LogP contribution in [0.3, 0.4) is 0 Å². The van der Waals surface area contributed by atoms with Crippen molar-refractivity contribution in [3.8, 4) is 0 Å². The number of esters is 1. The summed E-state index contributed by atoms with van der Waals surface area (Å²) in [5, 5.41) is 23.4. The Bertz CT molecular complexity index is 1240. The van der Waals surface area contributed by atoms with Gasteiger partial charge in [0.25, 0.3) is 0 Å². The van der Waals surface area contributed by atoms with Crippen molar-refractivity contribution in [1.82, 2.24) is 5.32 Å². The highest BCUT2D eigenvalue weighted by Gasteiger charge is 2.20. The van der Waals surface area contributed by atoms with E-state index in [-0.39, 0.29) is 18.5 Å². The third-order valence-corrected chi connectivity index (χ3v) is 18.1. The molecular formula is C76H149NO5. The van der Waals surface area contributed by atoms with E-state index in [4.69, 9.17) is 4.74 Å². The quantitative estimate of drug-likeness (QED) is 0.0320. The summed E-state index contributed by atoms with van der Waals surface area (Å²) in [5.74, 6) is -0.00839. The molecule has 0 fully saturated rings. The topological polar surface area (TPSA) is 95.9 Å². The number of ether oxygens (including phenoxy) is 1. The van der Waals surface area contributed by atoms with Crippen LogP contribution in [0, 0.1) is 0 Å². The third-order valence-electron chi connectivity index (χ3n) is 18.1. The first-order chi connectivity index (χ1) is 40.5. The molecule has 0 aromatic heterocycles. The van der Waals surface area contributed by atoms with Crippen LogP contribution >= 0.6 is 0 Å². The number of rotatable bonds is 72. The van der Waals surface area contributed by atoms with Gasteiger partial charge in [-0.2, -0.15) is 0 Å². The van der Waals surface area contributed by atoms with E-state index < -0.39 is 12.1 Å². The monoisotopic (exact) mass is 1160 g/mol. The van der Waals surface area contributed by atoms with E-state index in [1.165, 1.54) is 366 Å². The van der Waals surface area contributed by atoms with Crippen molar-refractivity contribution in [2.75, 3.05) is 13.2 Å². The first-order valence-corrected chi connectivity index (χ1v) is 37.9. The molecule has 0 aliphatic rings. The van der Waals surface area contributed by atoms with Crippen LogP contribution in [0.2, 0.25) is 0 Å². The second-order valence-electron chi connectivity index (χ2n) is 26.3. The van der Waals surface area contributed by atoms with Crippen molar-refractivity contribution in [3.05, 3.63) is 12.2 Å². The molecule has 0 saturated carbocycles. The van der Waals surface area contributed by atoms with Gasteiger partial charge in [-0.15, -0.1) is 0 Å². The summed E-state index contributed by atoms with van der Waals surface area (Å²) in [7, 11) is 0. The predicted molar refractivity (Wildman–Crippen MR) is 361 cm³/mol. The van der Waals surface area contributed by atoms with Crippen molar-refractivity contribution in [2.45, 2.75) is 450 Å². The van der Waals surface area contributed by atoms with Crippen LogP contribution in [0.25, 0.3) is 0 Å². The second-order valence-corrected chi connectivity index (χ2v) is 26.3. The molecule has 2 atom stereocenters. The number of nitrogens with one attached hydrogen (secondary N) is 1. The highest BCUT2D eigenvalue weighted by Crippen LogP contribution is 2.20. The molecule has 6 heteroatoms. The van der Waals surface area contributed by atoms with E-state index in [2.05, 4.69) is 31.3 Å². The molecule has 82 heavy (non-hydrogen) atoms. The Hall–Kier alpha value is -1.40. The van der Waals surface area contributed by atoms with Crippen molar-refractivity contribution in [3.63, 3.8) is 0 Å². The van der Waals surface area contributed by atoms with E-state index in [0.29, 0.717) is 25.9 Å². The van der Waals surface area contributed by atoms with Crippen molar-refractivity contribution >= 4 is 11.9 Å². The SMILES string of the molecule is CCCCCCCCCCCCCCCCCCCCCC(=O)OCCCCCCCCCCCCCC/C=C\CCCCCCCCCCCCCCC(=O)NC(CO)C(O)CCCCCCCCCCCCCCCCCCCC. The molecule has 0 aliphatic heterocycles. The number of carbonyl (C=O) groups excluding carboxylic acids is 2. The molecule has 0 aliphatic carbocycles. The van der Waals surface area contributed by atoms with Crippen molar-refractivity contribution in [2.24, 2.45) is 0 Å². The number of aliphatic hydroxyl groups is 2. The fourth-order valence-corrected chi connectivity index (χ4v) is 12.3. The lowest BCUT2D eigenvalue weighted by Crippen LogP contribution is -2.45. The maximum Gasteiger partial charge on any atom is 0.305 e. The lowest BCUT2D eigenvalue weighted by molar-refractivity contribution is -0.143.